The molecule has 0 aromatic heterocycles. The van der Waals surface area contributed by atoms with Crippen LogP contribution in [0, 0.1) is 0 Å². The number of nitrogens with zero attached hydrogens (tertiary/aromatic N) is 1. The number of carboxylic acid groups (broad SMARTS) is 1. The van der Waals surface area contributed by atoms with E-state index in [1.54, 1.807) is 18.2 Å². The summed E-state index contributed by atoms with van der Waals surface area (Å²) in [5.41, 5.74) is -0.224. The molecular formula is C13H15NO5. The fourth-order valence-corrected chi connectivity index (χ4v) is 1.92. The zero-order chi connectivity index (χ0) is 13.7. The quantitative estimate of drug-likeness (QED) is 0.493. The van der Waals surface area contributed by atoms with Gasteiger partial charge in [0.05, 0.1) is 12.2 Å². The van der Waals surface area contributed by atoms with Gasteiger partial charge in [0, 0.05) is 6.42 Å². The zero-order valence-corrected chi connectivity index (χ0v) is 10.3. The van der Waals surface area contributed by atoms with E-state index in [9.17, 15) is 4.79 Å². The van der Waals surface area contributed by atoms with Gasteiger partial charge < -0.3 is 19.8 Å². The maximum absolute atomic E-state index is 11.0. The van der Waals surface area contributed by atoms with Crippen molar-refractivity contribution in [1.82, 2.24) is 0 Å². The molecule has 2 rings (SSSR count). The number of rotatable bonds is 4. The molecule has 1 unspecified atom stereocenters. The Labute approximate surface area is 110 Å². The number of carboxylic acids is 1. The predicted octanol–water partition coefficient (Wildman–Crippen LogP) is 1.85. The molecule has 1 heterocycles. The lowest BCUT2D eigenvalue weighted by molar-refractivity contribution is -0.129. The molecule has 102 valence electrons. The van der Waals surface area contributed by atoms with Gasteiger partial charge in [-0.25, -0.2) is 4.79 Å². The molecule has 1 aliphatic heterocycles. The van der Waals surface area contributed by atoms with Crippen molar-refractivity contribution in [2.24, 2.45) is 5.16 Å². The highest BCUT2D eigenvalue weighted by molar-refractivity contribution is 6.43. The SMILES string of the molecule is O=C(O)C(=NO)c1ccccc1OC1CCCCO1. The Morgan fingerprint density at radius 3 is 2.79 bits per heavy atom. The van der Waals surface area contributed by atoms with E-state index in [-0.39, 0.29) is 11.9 Å². The third-order valence-electron chi connectivity index (χ3n) is 2.84. The molecule has 0 aliphatic carbocycles. The van der Waals surface area contributed by atoms with Gasteiger partial charge in [0.15, 0.2) is 12.0 Å². The third kappa shape index (κ3) is 3.23. The Hall–Kier alpha value is -2.08. The molecule has 0 bridgehead atoms. The Morgan fingerprint density at radius 2 is 2.16 bits per heavy atom. The van der Waals surface area contributed by atoms with Gasteiger partial charge in [-0.3, -0.25) is 0 Å². The van der Waals surface area contributed by atoms with E-state index in [0.29, 0.717) is 12.4 Å². The summed E-state index contributed by atoms with van der Waals surface area (Å²) in [6.07, 6.45) is 2.38. The largest absolute Gasteiger partial charge is 0.476 e. The maximum Gasteiger partial charge on any atom is 0.358 e. The molecule has 2 N–H and O–H groups in total. The van der Waals surface area contributed by atoms with Gasteiger partial charge in [-0.2, -0.15) is 0 Å². The van der Waals surface area contributed by atoms with Gasteiger partial charge in [-0.15, -0.1) is 0 Å². The van der Waals surface area contributed by atoms with E-state index in [1.807, 2.05) is 0 Å². The summed E-state index contributed by atoms with van der Waals surface area (Å²) in [7, 11) is 0. The molecule has 1 aromatic carbocycles. The standard InChI is InChI=1S/C13H15NO5/c15-13(16)12(14-17)9-5-1-2-6-10(9)19-11-7-3-4-8-18-11/h1-2,5-6,11,17H,3-4,7-8H2,(H,15,16). The van der Waals surface area contributed by atoms with Crippen LogP contribution in [0.1, 0.15) is 24.8 Å². The van der Waals surface area contributed by atoms with Gasteiger partial charge in [0.1, 0.15) is 5.75 Å². The van der Waals surface area contributed by atoms with Crippen LogP contribution in [0.5, 0.6) is 5.75 Å². The lowest BCUT2D eigenvalue weighted by Gasteiger charge is -2.24. The Balaban J connectivity index is 2.22. The molecule has 1 saturated heterocycles. The fourth-order valence-electron chi connectivity index (χ4n) is 1.92. The van der Waals surface area contributed by atoms with Crippen LogP contribution in [0.25, 0.3) is 0 Å². The lowest BCUT2D eigenvalue weighted by Crippen LogP contribution is -2.26. The smallest absolute Gasteiger partial charge is 0.358 e. The summed E-state index contributed by atoms with van der Waals surface area (Å²) in [6, 6.07) is 6.53. The van der Waals surface area contributed by atoms with Crippen LogP contribution in [0.15, 0.2) is 29.4 Å². The van der Waals surface area contributed by atoms with Crippen molar-refractivity contribution in [3.8, 4) is 5.75 Å². The third-order valence-corrected chi connectivity index (χ3v) is 2.84. The van der Waals surface area contributed by atoms with Crippen LogP contribution in [0.2, 0.25) is 0 Å². The first-order valence-corrected chi connectivity index (χ1v) is 6.05. The lowest BCUT2D eigenvalue weighted by atomic mass is 10.1. The minimum atomic E-state index is -1.32. The highest BCUT2D eigenvalue weighted by Crippen LogP contribution is 2.23. The Morgan fingerprint density at radius 1 is 1.37 bits per heavy atom. The molecule has 1 atom stereocenters. The minimum Gasteiger partial charge on any atom is -0.476 e. The molecule has 0 radical (unpaired) electrons. The van der Waals surface area contributed by atoms with Gasteiger partial charge in [-0.1, -0.05) is 17.3 Å². The van der Waals surface area contributed by atoms with Crippen molar-refractivity contribution in [3.05, 3.63) is 29.8 Å². The molecule has 1 aromatic rings. The van der Waals surface area contributed by atoms with E-state index in [2.05, 4.69) is 5.16 Å². The van der Waals surface area contributed by atoms with Crippen molar-refractivity contribution in [2.75, 3.05) is 6.61 Å². The second-order valence-corrected chi connectivity index (χ2v) is 4.16. The molecular weight excluding hydrogens is 250 g/mol. The molecule has 6 heteroatoms. The molecule has 0 amide bonds. The topological polar surface area (TPSA) is 88.4 Å². The van der Waals surface area contributed by atoms with Crippen molar-refractivity contribution in [3.63, 3.8) is 0 Å². The summed E-state index contributed by atoms with van der Waals surface area (Å²) in [4.78, 5) is 11.0. The molecule has 0 spiro atoms. The first-order chi connectivity index (χ1) is 9.22. The summed E-state index contributed by atoms with van der Waals surface area (Å²) in [6.45, 7) is 0.632. The average molecular weight is 265 g/mol. The monoisotopic (exact) mass is 265 g/mol. The van der Waals surface area contributed by atoms with E-state index in [1.165, 1.54) is 6.07 Å². The van der Waals surface area contributed by atoms with Crippen LogP contribution in [0.3, 0.4) is 0 Å². The summed E-state index contributed by atoms with van der Waals surface area (Å²) in [5.74, 6) is -0.979. The van der Waals surface area contributed by atoms with Gasteiger partial charge >= 0.3 is 5.97 Å². The predicted molar refractivity (Wildman–Crippen MR) is 66.6 cm³/mol. The number of hydrogen-bond donors (Lipinski definition) is 2. The first-order valence-electron chi connectivity index (χ1n) is 6.05. The number of oxime groups is 1. The van der Waals surface area contributed by atoms with Crippen LogP contribution < -0.4 is 4.74 Å². The van der Waals surface area contributed by atoms with Gasteiger partial charge in [0.2, 0.25) is 0 Å². The van der Waals surface area contributed by atoms with Crippen molar-refractivity contribution in [2.45, 2.75) is 25.6 Å². The summed E-state index contributed by atoms with van der Waals surface area (Å²) in [5, 5.41) is 20.6. The zero-order valence-electron chi connectivity index (χ0n) is 10.3. The normalized spacial score (nSPS) is 20.0. The van der Waals surface area contributed by atoms with Gasteiger partial charge in [-0.05, 0) is 25.0 Å². The van der Waals surface area contributed by atoms with Crippen LogP contribution in [-0.2, 0) is 9.53 Å². The molecule has 0 saturated carbocycles. The molecule has 6 nitrogen and oxygen atoms in total. The molecule has 1 aliphatic rings. The molecule has 1 fully saturated rings. The van der Waals surface area contributed by atoms with Crippen LogP contribution in [-0.4, -0.2) is 34.9 Å². The van der Waals surface area contributed by atoms with Crippen molar-refractivity contribution in [1.29, 1.82) is 0 Å². The maximum atomic E-state index is 11.0. The van der Waals surface area contributed by atoms with Gasteiger partial charge in [0.25, 0.3) is 0 Å². The number of ether oxygens (including phenoxy) is 2. The van der Waals surface area contributed by atoms with Crippen LogP contribution >= 0.6 is 0 Å². The van der Waals surface area contributed by atoms with E-state index >= 15 is 0 Å². The average Bonchev–Trinajstić information content (AvgIpc) is 2.42. The summed E-state index contributed by atoms with van der Waals surface area (Å²) < 4.78 is 11.1. The number of para-hydroxylation sites is 1. The summed E-state index contributed by atoms with van der Waals surface area (Å²) >= 11 is 0. The number of carbonyl (C=O) groups is 1. The second-order valence-electron chi connectivity index (χ2n) is 4.16. The Kier molecular flexibility index (Phi) is 4.35. The van der Waals surface area contributed by atoms with Crippen LogP contribution in [0.4, 0.5) is 0 Å². The number of hydrogen-bond acceptors (Lipinski definition) is 5. The Bertz CT molecular complexity index is 480. The highest BCUT2D eigenvalue weighted by atomic mass is 16.7. The van der Waals surface area contributed by atoms with Crippen molar-refractivity contribution >= 4 is 11.7 Å². The fraction of sp³-hybridized carbons (Fsp3) is 0.385. The number of benzene rings is 1. The minimum absolute atomic E-state index is 0.228. The van der Waals surface area contributed by atoms with Crippen molar-refractivity contribution < 1.29 is 24.6 Å². The van der Waals surface area contributed by atoms with E-state index in [4.69, 9.17) is 19.8 Å². The highest BCUT2D eigenvalue weighted by Gasteiger charge is 2.21. The van der Waals surface area contributed by atoms with E-state index in [0.717, 1.165) is 19.3 Å². The first kappa shape index (κ1) is 13.4. The molecule has 19 heavy (non-hydrogen) atoms. The second kappa shape index (κ2) is 6.19. The van der Waals surface area contributed by atoms with E-state index < -0.39 is 11.7 Å². The number of aliphatic carboxylic acids is 1.